The van der Waals surface area contributed by atoms with E-state index in [-0.39, 0.29) is 0 Å². The van der Waals surface area contributed by atoms with Crippen LogP contribution in [0.4, 0.5) is 0 Å². The van der Waals surface area contributed by atoms with Crippen molar-refractivity contribution in [2.45, 2.75) is 58.4 Å². The van der Waals surface area contributed by atoms with Crippen LogP contribution in [0.3, 0.4) is 0 Å². The smallest absolute Gasteiger partial charge is 0.191 e. The molecule has 0 aromatic carbocycles. The van der Waals surface area contributed by atoms with Gasteiger partial charge in [0, 0.05) is 32.2 Å². The second-order valence-corrected chi connectivity index (χ2v) is 6.67. The van der Waals surface area contributed by atoms with Gasteiger partial charge >= 0.3 is 0 Å². The minimum atomic E-state index is 0.756. The fourth-order valence-electron chi connectivity index (χ4n) is 3.45. The first-order valence-electron chi connectivity index (χ1n) is 8.45. The minimum absolute atomic E-state index is 0.756. The van der Waals surface area contributed by atoms with Crippen LogP contribution >= 0.6 is 0 Å². The summed E-state index contributed by atoms with van der Waals surface area (Å²) in [6, 6.07) is 0.757. The van der Waals surface area contributed by atoms with Crippen LogP contribution in [0.25, 0.3) is 0 Å². The lowest BCUT2D eigenvalue weighted by Gasteiger charge is -2.33. The van der Waals surface area contributed by atoms with E-state index >= 15 is 0 Å². The molecule has 2 aliphatic rings. The molecule has 0 bridgehead atoms. The third-order valence-electron chi connectivity index (χ3n) is 4.80. The first-order valence-corrected chi connectivity index (χ1v) is 8.45. The van der Waals surface area contributed by atoms with E-state index in [1.807, 2.05) is 0 Å². The van der Waals surface area contributed by atoms with E-state index in [0.717, 1.165) is 44.0 Å². The van der Waals surface area contributed by atoms with Gasteiger partial charge in [-0.2, -0.15) is 0 Å². The Morgan fingerprint density at radius 1 is 1.15 bits per heavy atom. The van der Waals surface area contributed by atoms with Gasteiger partial charge in [0.15, 0.2) is 5.96 Å². The third kappa shape index (κ3) is 4.65. The average molecular weight is 280 g/mol. The first-order chi connectivity index (χ1) is 9.66. The predicted octanol–water partition coefficient (Wildman–Crippen LogP) is 2.30. The largest absolute Gasteiger partial charge is 0.370 e. The van der Waals surface area contributed by atoms with Crippen LogP contribution in [-0.2, 0) is 0 Å². The molecule has 2 heterocycles. The second-order valence-electron chi connectivity index (χ2n) is 6.67. The van der Waals surface area contributed by atoms with Gasteiger partial charge < -0.3 is 15.5 Å². The molecule has 20 heavy (non-hydrogen) atoms. The number of guanidine groups is 1. The summed E-state index contributed by atoms with van der Waals surface area (Å²) in [5.41, 5.74) is 6.12. The van der Waals surface area contributed by atoms with E-state index in [1.165, 1.54) is 45.2 Å². The number of hydrogen-bond donors (Lipinski definition) is 1. The number of hydrogen-bond acceptors (Lipinski definition) is 2. The zero-order valence-electron chi connectivity index (χ0n) is 13.4. The number of aliphatic imine (C=N–C) groups is 1. The molecule has 2 aliphatic heterocycles. The highest BCUT2D eigenvalue weighted by Crippen LogP contribution is 2.17. The zero-order valence-corrected chi connectivity index (χ0v) is 13.4. The molecule has 0 saturated carbocycles. The van der Waals surface area contributed by atoms with Gasteiger partial charge in [-0.05, 0) is 51.5 Å². The topological polar surface area (TPSA) is 44.9 Å². The maximum Gasteiger partial charge on any atom is 0.191 e. The molecule has 0 aliphatic carbocycles. The zero-order chi connectivity index (χ0) is 14.4. The maximum absolute atomic E-state index is 6.12. The Morgan fingerprint density at radius 3 is 2.75 bits per heavy atom. The van der Waals surface area contributed by atoms with Crippen molar-refractivity contribution in [1.29, 1.82) is 0 Å². The Hall–Kier alpha value is -0.770. The molecule has 0 amide bonds. The van der Waals surface area contributed by atoms with Crippen LogP contribution < -0.4 is 5.73 Å². The summed E-state index contributed by atoms with van der Waals surface area (Å²) in [5, 5.41) is 0. The van der Waals surface area contributed by atoms with Crippen LogP contribution in [-0.4, -0.2) is 54.5 Å². The molecular weight excluding hydrogens is 248 g/mol. The van der Waals surface area contributed by atoms with Crippen molar-refractivity contribution in [3.63, 3.8) is 0 Å². The number of nitrogens with zero attached hydrogens (tertiary/aromatic N) is 3. The fourth-order valence-corrected chi connectivity index (χ4v) is 3.45. The molecule has 2 unspecified atom stereocenters. The standard InChI is InChI=1S/C16H32N4/c1-14-7-5-11-20(13-14)16(17)18-9-6-12-19-10-4-3-8-15(19)2/h14-15H,3-13H2,1-2H3,(H2,17,18). The summed E-state index contributed by atoms with van der Waals surface area (Å²) in [6.07, 6.45) is 7.84. The monoisotopic (exact) mass is 280 g/mol. The lowest BCUT2D eigenvalue weighted by atomic mass is 10.0. The highest BCUT2D eigenvalue weighted by molar-refractivity contribution is 5.78. The lowest BCUT2D eigenvalue weighted by molar-refractivity contribution is 0.160. The van der Waals surface area contributed by atoms with Crippen molar-refractivity contribution in [3.05, 3.63) is 0 Å². The minimum Gasteiger partial charge on any atom is -0.370 e. The number of piperidine rings is 2. The molecule has 0 radical (unpaired) electrons. The van der Waals surface area contributed by atoms with Gasteiger partial charge in [-0.25, -0.2) is 0 Å². The summed E-state index contributed by atoms with van der Waals surface area (Å²) >= 11 is 0. The third-order valence-corrected chi connectivity index (χ3v) is 4.80. The number of rotatable bonds is 4. The molecule has 116 valence electrons. The molecule has 0 aromatic rings. The first kappa shape index (κ1) is 15.6. The van der Waals surface area contributed by atoms with E-state index in [4.69, 9.17) is 5.73 Å². The Kier molecular flexibility index (Phi) is 6.14. The van der Waals surface area contributed by atoms with Gasteiger partial charge in [-0.3, -0.25) is 4.99 Å². The molecule has 2 atom stereocenters. The van der Waals surface area contributed by atoms with Gasteiger partial charge in [-0.15, -0.1) is 0 Å². The van der Waals surface area contributed by atoms with Crippen LogP contribution in [0.15, 0.2) is 4.99 Å². The highest BCUT2D eigenvalue weighted by Gasteiger charge is 2.18. The molecular formula is C16H32N4. The van der Waals surface area contributed by atoms with Crippen molar-refractivity contribution in [1.82, 2.24) is 9.80 Å². The molecule has 4 heteroatoms. The summed E-state index contributed by atoms with van der Waals surface area (Å²) in [5.74, 6) is 1.52. The average Bonchev–Trinajstić information content (AvgIpc) is 2.45. The van der Waals surface area contributed by atoms with Crippen LogP contribution in [0.2, 0.25) is 0 Å². The highest BCUT2D eigenvalue weighted by atomic mass is 15.3. The molecule has 4 nitrogen and oxygen atoms in total. The number of likely N-dealkylation sites (tertiary alicyclic amines) is 2. The summed E-state index contributed by atoms with van der Waals surface area (Å²) in [4.78, 5) is 9.46. The van der Waals surface area contributed by atoms with E-state index < -0.39 is 0 Å². The Morgan fingerprint density at radius 2 is 2.00 bits per heavy atom. The predicted molar refractivity (Wildman–Crippen MR) is 86.0 cm³/mol. The molecule has 0 spiro atoms. The summed E-state index contributed by atoms with van der Waals surface area (Å²) < 4.78 is 0. The van der Waals surface area contributed by atoms with Gasteiger partial charge in [0.2, 0.25) is 0 Å². The van der Waals surface area contributed by atoms with E-state index in [0.29, 0.717) is 0 Å². The Bertz CT molecular complexity index is 316. The molecule has 2 N–H and O–H groups in total. The maximum atomic E-state index is 6.12. The Balaban J connectivity index is 1.67. The SMILES string of the molecule is CC1CCCN(C(N)=NCCCN2CCCCC2C)C1. The van der Waals surface area contributed by atoms with Crippen LogP contribution in [0.5, 0.6) is 0 Å². The van der Waals surface area contributed by atoms with Crippen molar-refractivity contribution < 1.29 is 0 Å². The molecule has 2 saturated heterocycles. The number of nitrogens with two attached hydrogens (primary N) is 1. The van der Waals surface area contributed by atoms with Gasteiger partial charge in [0.25, 0.3) is 0 Å². The van der Waals surface area contributed by atoms with Crippen LogP contribution in [0, 0.1) is 5.92 Å². The van der Waals surface area contributed by atoms with Gasteiger partial charge in [-0.1, -0.05) is 13.3 Å². The summed E-state index contributed by atoms with van der Waals surface area (Å²) in [6.45, 7) is 10.1. The van der Waals surface area contributed by atoms with E-state index in [9.17, 15) is 0 Å². The lowest BCUT2D eigenvalue weighted by Crippen LogP contribution is -2.43. The second kappa shape index (κ2) is 7.87. The van der Waals surface area contributed by atoms with E-state index in [1.54, 1.807) is 0 Å². The molecule has 2 rings (SSSR count). The van der Waals surface area contributed by atoms with Crippen molar-refractivity contribution in [3.8, 4) is 0 Å². The van der Waals surface area contributed by atoms with Gasteiger partial charge in [0.1, 0.15) is 0 Å². The van der Waals surface area contributed by atoms with Gasteiger partial charge in [0.05, 0.1) is 0 Å². The quantitative estimate of drug-likeness (QED) is 0.488. The van der Waals surface area contributed by atoms with E-state index in [2.05, 4.69) is 28.6 Å². The summed E-state index contributed by atoms with van der Waals surface area (Å²) in [7, 11) is 0. The Labute approximate surface area is 124 Å². The molecule has 2 fully saturated rings. The van der Waals surface area contributed by atoms with Crippen LogP contribution in [0.1, 0.15) is 52.4 Å². The van der Waals surface area contributed by atoms with Crippen molar-refractivity contribution >= 4 is 5.96 Å². The van der Waals surface area contributed by atoms with Crippen molar-refractivity contribution in [2.24, 2.45) is 16.6 Å². The fraction of sp³-hybridized carbons (Fsp3) is 0.938. The molecule has 0 aromatic heterocycles. The normalized spacial score (nSPS) is 29.7. The van der Waals surface area contributed by atoms with Crippen molar-refractivity contribution in [2.75, 3.05) is 32.7 Å².